The Morgan fingerprint density at radius 1 is 0.920 bits per heavy atom. The average Bonchev–Trinajstić information content (AvgIpc) is 2.62. The van der Waals surface area contributed by atoms with Gasteiger partial charge in [-0.25, -0.2) is 4.79 Å². The second-order valence-corrected chi connectivity index (χ2v) is 5.36. The Labute approximate surface area is 146 Å². The minimum Gasteiger partial charge on any atom is -0.465 e. The van der Waals surface area contributed by atoms with Gasteiger partial charge in [-0.3, -0.25) is 9.59 Å². The van der Waals surface area contributed by atoms with E-state index in [4.69, 9.17) is 0 Å². The Hall–Kier alpha value is -3.15. The van der Waals surface area contributed by atoms with Crippen molar-refractivity contribution in [1.82, 2.24) is 0 Å². The maximum Gasteiger partial charge on any atom is 0.339 e. The molecule has 2 N–H and O–H groups in total. The van der Waals surface area contributed by atoms with Crippen molar-refractivity contribution >= 4 is 29.2 Å². The molecule has 0 aliphatic rings. The van der Waals surface area contributed by atoms with Gasteiger partial charge >= 0.3 is 5.97 Å². The molecule has 0 spiro atoms. The van der Waals surface area contributed by atoms with Crippen LogP contribution in [0, 0.1) is 0 Å². The zero-order valence-electron chi connectivity index (χ0n) is 14.2. The highest BCUT2D eigenvalue weighted by atomic mass is 16.5. The van der Waals surface area contributed by atoms with Crippen LogP contribution in [0.1, 0.15) is 29.3 Å². The number of benzene rings is 2. The van der Waals surface area contributed by atoms with Crippen molar-refractivity contribution in [1.29, 1.82) is 0 Å². The molecule has 6 heteroatoms. The van der Waals surface area contributed by atoms with Gasteiger partial charge in [0.1, 0.15) is 6.42 Å². The molecule has 0 bridgehead atoms. The monoisotopic (exact) mass is 340 g/mol. The van der Waals surface area contributed by atoms with Crippen LogP contribution < -0.4 is 10.6 Å². The summed E-state index contributed by atoms with van der Waals surface area (Å²) in [4.78, 5) is 35.7. The smallest absolute Gasteiger partial charge is 0.339 e. The molecule has 0 unspecified atom stereocenters. The van der Waals surface area contributed by atoms with Gasteiger partial charge in [-0.2, -0.15) is 0 Å². The van der Waals surface area contributed by atoms with Gasteiger partial charge in [0, 0.05) is 5.69 Å². The lowest BCUT2D eigenvalue weighted by Crippen LogP contribution is -2.22. The van der Waals surface area contributed by atoms with Crippen molar-refractivity contribution in [2.75, 3.05) is 17.7 Å². The van der Waals surface area contributed by atoms with Crippen molar-refractivity contribution in [3.05, 3.63) is 59.7 Å². The number of methoxy groups -OCH3 is 1. The fraction of sp³-hybridized carbons (Fsp3) is 0.211. The Morgan fingerprint density at radius 3 is 2.20 bits per heavy atom. The molecular formula is C19H20N2O4. The molecule has 2 rings (SSSR count). The van der Waals surface area contributed by atoms with Gasteiger partial charge in [0.2, 0.25) is 11.8 Å². The normalized spacial score (nSPS) is 10.0. The third-order valence-corrected chi connectivity index (χ3v) is 3.57. The van der Waals surface area contributed by atoms with Crippen LogP contribution in [0.5, 0.6) is 0 Å². The first-order valence-corrected chi connectivity index (χ1v) is 7.89. The second-order valence-electron chi connectivity index (χ2n) is 5.36. The summed E-state index contributed by atoms with van der Waals surface area (Å²) in [6, 6.07) is 13.9. The summed E-state index contributed by atoms with van der Waals surface area (Å²) in [5.41, 5.74) is 2.33. The summed E-state index contributed by atoms with van der Waals surface area (Å²) in [6.45, 7) is 2.05. The first-order chi connectivity index (χ1) is 12.0. The van der Waals surface area contributed by atoms with E-state index in [0.717, 1.165) is 12.0 Å². The minimum absolute atomic E-state index is 0.230. The van der Waals surface area contributed by atoms with E-state index in [2.05, 4.69) is 15.4 Å². The van der Waals surface area contributed by atoms with Crippen LogP contribution in [0.25, 0.3) is 0 Å². The maximum absolute atomic E-state index is 12.1. The lowest BCUT2D eigenvalue weighted by atomic mass is 10.1. The average molecular weight is 340 g/mol. The van der Waals surface area contributed by atoms with E-state index in [1.54, 1.807) is 30.3 Å². The Bertz CT molecular complexity index is 769. The highest BCUT2D eigenvalue weighted by Crippen LogP contribution is 2.16. The van der Waals surface area contributed by atoms with Crippen LogP contribution in [0.4, 0.5) is 11.4 Å². The number of amides is 2. The molecule has 0 aliphatic carbocycles. The minimum atomic E-state index is -0.559. The van der Waals surface area contributed by atoms with Crippen molar-refractivity contribution in [2.24, 2.45) is 0 Å². The molecule has 2 aromatic carbocycles. The first-order valence-electron chi connectivity index (χ1n) is 7.89. The number of carbonyl (C=O) groups excluding carboxylic acids is 3. The number of anilines is 2. The predicted octanol–water partition coefficient (Wildman–Crippen LogP) is 3.00. The number of aryl methyl sites for hydroxylation is 1. The summed E-state index contributed by atoms with van der Waals surface area (Å²) in [5, 5.41) is 5.23. The summed E-state index contributed by atoms with van der Waals surface area (Å²) >= 11 is 0. The third-order valence-electron chi connectivity index (χ3n) is 3.57. The molecule has 130 valence electrons. The highest BCUT2D eigenvalue weighted by Gasteiger charge is 2.15. The first kappa shape index (κ1) is 18.2. The predicted molar refractivity (Wildman–Crippen MR) is 95.5 cm³/mol. The zero-order valence-corrected chi connectivity index (χ0v) is 14.2. The maximum atomic E-state index is 12.1. The topological polar surface area (TPSA) is 84.5 Å². The number of para-hydroxylation sites is 1. The summed E-state index contributed by atoms with van der Waals surface area (Å²) in [5.74, 6) is -1.51. The van der Waals surface area contributed by atoms with Crippen LogP contribution >= 0.6 is 0 Å². The SMILES string of the molecule is CCc1ccc(NC(=O)CC(=O)Nc2ccccc2C(=O)OC)cc1. The van der Waals surface area contributed by atoms with Crippen LogP contribution in [0.2, 0.25) is 0 Å². The van der Waals surface area contributed by atoms with Gasteiger partial charge < -0.3 is 15.4 Å². The largest absolute Gasteiger partial charge is 0.465 e. The van der Waals surface area contributed by atoms with Crippen LogP contribution in [0.3, 0.4) is 0 Å². The van der Waals surface area contributed by atoms with E-state index < -0.39 is 17.8 Å². The quantitative estimate of drug-likeness (QED) is 0.625. The van der Waals surface area contributed by atoms with Gasteiger partial charge in [0.05, 0.1) is 18.4 Å². The Kier molecular flexibility index (Phi) is 6.28. The van der Waals surface area contributed by atoms with Crippen molar-refractivity contribution in [3.8, 4) is 0 Å². The standard InChI is InChI=1S/C19H20N2O4/c1-3-13-8-10-14(11-9-13)20-17(22)12-18(23)21-16-7-5-4-6-15(16)19(24)25-2/h4-11H,3,12H2,1-2H3,(H,20,22)(H,21,23). The zero-order chi connectivity index (χ0) is 18.2. The van der Waals surface area contributed by atoms with E-state index in [9.17, 15) is 14.4 Å². The van der Waals surface area contributed by atoms with E-state index >= 15 is 0 Å². The van der Waals surface area contributed by atoms with Crippen molar-refractivity contribution in [2.45, 2.75) is 19.8 Å². The molecule has 0 saturated heterocycles. The second kappa shape index (κ2) is 8.63. The van der Waals surface area contributed by atoms with Gasteiger partial charge in [-0.1, -0.05) is 31.2 Å². The lowest BCUT2D eigenvalue weighted by Gasteiger charge is -2.10. The van der Waals surface area contributed by atoms with Gasteiger partial charge in [0.25, 0.3) is 0 Å². The summed E-state index contributed by atoms with van der Waals surface area (Å²) in [6.07, 6.45) is 0.557. The molecule has 2 amide bonds. The van der Waals surface area contributed by atoms with Gasteiger partial charge in [0.15, 0.2) is 0 Å². The number of carbonyl (C=O) groups is 3. The molecule has 0 saturated carbocycles. The Balaban J connectivity index is 1.95. The number of ether oxygens (including phenoxy) is 1. The molecule has 0 aliphatic heterocycles. The molecule has 0 heterocycles. The lowest BCUT2D eigenvalue weighted by molar-refractivity contribution is -0.123. The summed E-state index contributed by atoms with van der Waals surface area (Å²) < 4.78 is 4.67. The number of hydrogen-bond acceptors (Lipinski definition) is 4. The van der Waals surface area contributed by atoms with E-state index in [1.165, 1.54) is 13.2 Å². The molecule has 0 radical (unpaired) electrons. The molecule has 0 aromatic heterocycles. The Morgan fingerprint density at radius 2 is 1.56 bits per heavy atom. The number of rotatable bonds is 6. The van der Waals surface area contributed by atoms with Crippen molar-refractivity contribution < 1.29 is 19.1 Å². The number of nitrogens with one attached hydrogen (secondary N) is 2. The molecule has 6 nitrogen and oxygen atoms in total. The molecule has 0 fully saturated rings. The van der Waals surface area contributed by atoms with E-state index in [-0.39, 0.29) is 12.0 Å². The number of esters is 1. The van der Waals surface area contributed by atoms with Crippen LogP contribution in [0.15, 0.2) is 48.5 Å². The molecule has 2 aromatic rings. The fourth-order valence-electron chi connectivity index (χ4n) is 2.25. The third kappa shape index (κ3) is 5.17. The van der Waals surface area contributed by atoms with Gasteiger partial charge in [-0.05, 0) is 36.2 Å². The fourth-order valence-corrected chi connectivity index (χ4v) is 2.25. The van der Waals surface area contributed by atoms with Crippen LogP contribution in [-0.2, 0) is 20.7 Å². The molecule has 0 atom stereocenters. The van der Waals surface area contributed by atoms with Gasteiger partial charge in [-0.15, -0.1) is 0 Å². The summed E-state index contributed by atoms with van der Waals surface area (Å²) in [7, 11) is 1.26. The van der Waals surface area contributed by atoms with E-state index in [1.807, 2.05) is 19.1 Å². The number of hydrogen-bond donors (Lipinski definition) is 2. The highest BCUT2D eigenvalue weighted by molar-refractivity contribution is 6.09. The van der Waals surface area contributed by atoms with E-state index in [0.29, 0.717) is 11.4 Å². The van der Waals surface area contributed by atoms with Crippen molar-refractivity contribution in [3.63, 3.8) is 0 Å². The van der Waals surface area contributed by atoms with Crippen LogP contribution in [-0.4, -0.2) is 24.9 Å². The molecule has 25 heavy (non-hydrogen) atoms. The molecular weight excluding hydrogens is 320 g/mol.